The molecule has 0 radical (unpaired) electrons. The largest absolute Gasteiger partial charge is 0.251 e. The van der Waals surface area contributed by atoms with Gasteiger partial charge in [0.2, 0.25) is 0 Å². The molecule has 0 saturated heterocycles. The van der Waals surface area contributed by atoms with Gasteiger partial charge in [-0.3, -0.25) is 4.39 Å². The van der Waals surface area contributed by atoms with E-state index < -0.39 is 0 Å². The lowest BCUT2D eigenvalue weighted by Gasteiger charge is -2.32. The first-order chi connectivity index (χ1) is 11.3. The molecule has 2 aliphatic rings. The summed E-state index contributed by atoms with van der Waals surface area (Å²) in [5, 5.41) is 0. The Labute approximate surface area is 145 Å². The Morgan fingerprint density at radius 3 is 1.35 bits per heavy atom. The zero-order chi connectivity index (χ0) is 16.3. The van der Waals surface area contributed by atoms with Crippen molar-refractivity contribution in [1.29, 1.82) is 0 Å². The number of unbranched alkanes of at least 4 members (excludes halogenated alkanes) is 2. The first kappa shape index (κ1) is 19.3. The van der Waals surface area contributed by atoms with Gasteiger partial charge >= 0.3 is 0 Å². The fourth-order valence-electron chi connectivity index (χ4n) is 5.14. The average Bonchev–Trinajstić information content (AvgIpc) is 2.60. The van der Waals surface area contributed by atoms with E-state index in [0.29, 0.717) is 0 Å². The lowest BCUT2D eigenvalue weighted by Crippen LogP contribution is -2.18. The van der Waals surface area contributed by atoms with Crippen molar-refractivity contribution in [2.24, 2.45) is 23.7 Å². The van der Waals surface area contributed by atoms with Crippen LogP contribution in [0.1, 0.15) is 110 Å². The molecule has 0 aromatic rings. The van der Waals surface area contributed by atoms with E-state index in [1.807, 2.05) is 0 Å². The van der Waals surface area contributed by atoms with Gasteiger partial charge in [0.05, 0.1) is 6.67 Å². The molecule has 2 fully saturated rings. The first-order valence-corrected chi connectivity index (χ1v) is 10.9. The first-order valence-electron chi connectivity index (χ1n) is 10.9. The van der Waals surface area contributed by atoms with Crippen LogP contribution in [0.4, 0.5) is 4.39 Å². The van der Waals surface area contributed by atoms with E-state index in [0.717, 1.165) is 36.5 Å². The summed E-state index contributed by atoms with van der Waals surface area (Å²) in [5.41, 5.74) is 0. The van der Waals surface area contributed by atoms with Crippen LogP contribution in [0, 0.1) is 23.7 Å². The van der Waals surface area contributed by atoms with Crippen molar-refractivity contribution in [2.75, 3.05) is 6.67 Å². The summed E-state index contributed by atoms with van der Waals surface area (Å²) in [5.74, 6) is 3.95. The third kappa shape index (κ3) is 7.57. The maximum Gasteiger partial charge on any atom is 0.0894 e. The molecule has 0 amide bonds. The van der Waals surface area contributed by atoms with Gasteiger partial charge in [-0.2, -0.15) is 0 Å². The summed E-state index contributed by atoms with van der Waals surface area (Å²) in [7, 11) is 0. The van der Waals surface area contributed by atoms with Crippen LogP contribution in [0.25, 0.3) is 0 Å². The summed E-state index contributed by atoms with van der Waals surface area (Å²) < 4.78 is 12.3. The highest BCUT2D eigenvalue weighted by Gasteiger charge is 2.24. The zero-order valence-electron chi connectivity index (χ0n) is 15.7. The van der Waals surface area contributed by atoms with E-state index in [1.54, 1.807) is 0 Å². The molecule has 0 unspecified atom stereocenters. The highest BCUT2D eigenvalue weighted by Crippen LogP contribution is 2.38. The summed E-state index contributed by atoms with van der Waals surface area (Å²) in [6, 6.07) is 0. The van der Waals surface area contributed by atoms with E-state index in [2.05, 4.69) is 6.92 Å². The summed E-state index contributed by atoms with van der Waals surface area (Å²) >= 11 is 0. The number of halogens is 1. The van der Waals surface area contributed by atoms with Crippen LogP contribution in [0.2, 0.25) is 0 Å². The molecule has 1 heteroatoms. The van der Waals surface area contributed by atoms with Crippen molar-refractivity contribution >= 4 is 0 Å². The van der Waals surface area contributed by atoms with Gasteiger partial charge in [-0.15, -0.1) is 0 Å². The number of rotatable bonds is 10. The number of hydrogen-bond acceptors (Lipinski definition) is 0. The highest BCUT2D eigenvalue weighted by atomic mass is 19.1. The molecular formula is C22H41F. The average molecular weight is 325 g/mol. The van der Waals surface area contributed by atoms with Crippen LogP contribution in [-0.2, 0) is 0 Å². The Bertz CT molecular complexity index is 272. The Morgan fingerprint density at radius 1 is 0.565 bits per heavy atom. The van der Waals surface area contributed by atoms with Gasteiger partial charge in [-0.25, -0.2) is 0 Å². The van der Waals surface area contributed by atoms with Crippen LogP contribution in [0.3, 0.4) is 0 Å². The minimum absolute atomic E-state index is 0.110. The van der Waals surface area contributed by atoms with Gasteiger partial charge in [-0.05, 0) is 36.5 Å². The molecule has 0 nitrogen and oxygen atoms in total. The number of hydrogen-bond donors (Lipinski definition) is 0. The smallest absolute Gasteiger partial charge is 0.0894 e. The summed E-state index contributed by atoms with van der Waals surface area (Å²) in [6.07, 6.45) is 22.4. The molecule has 0 spiro atoms. The van der Waals surface area contributed by atoms with E-state index in [-0.39, 0.29) is 6.67 Å². The van der Waals surface area contributed by atoms with Crippen LogP contribution in [0.15, 0.2) is 0 Å². The van der Waals surface area contributed by atoms with Crippen molar-refractivity contribution in [3.05, 3.63) is 0 Å². The third-order valence-corrected chi connectivity index (χ3v) is 6.88. The normalized spacial score (nSPS) is 32.1. The van der Waals surface area contributed by atoms with Crippen molar-refractivity contribution in [1.82, 2.24) is 0 Å². The quantitative estimate of drug-likeness (QED) is 0.361. The van der Waals surface area contributed by atoms with Crippen molar-refractivity contribution in [3.8, 4) is 0 Å². The molecule has 23 heavy (non-hydrogen) atoms. The fourth-order valence-corrected chi connectivity index (χ4v) is 5.14. The summed E-state index contributed by atoms with van der Waals surface area (Å²) in [6.45, 7) is 2.20. The zero-order valence-corrected chi connectivity index (χ0v) is 15.7. The van der Waals surface area contributed by atoms with Crippen LogP contribution in [-0.4, -0.2) is 6.67 Å². The Kier molecular flexibility index (Phi) is 9.61. The second-order valence-corrected chi connectivity index (χ2v) is 8.68. The van der Waals surface area contributed by atoms with E-state index in [4.69, 9.17) is 0 Å². The lowest BCUT2D eigenvalue weighted by molar-refractivity contribution is 0.206. The predicted molar refractivity (Wildman–Crippen MR) is 99.5 cm³/mol. The number of alkyl halides is 1. The summed E-state index contributed by atoms with van der Waals surface area (Å²) in [4.78, 5) is 0. The molecule has 136 valence electrons. The standard InChI is InChI=1S/C22H41F/c1-2-3-4-6-19-8-12-21(13-9-19)16-17-22-14-10-20(11-15-22)7-5-18-23/h19-22H,2-18H2,1H3. The molecule has 2 saturated carbocycles. The molecule has 0 heterocycles. The van der Waals surface area contributed by atoms with Crippen molar-refractivity contribution in [3.63, 3.8) is 0 Å². The van der Waals surface area contributed by atoms with E-state index >= 15 is 0 Å². The van der Waals surface area contributed by atoms with E-state index in [9.17, 15) is 4.39 Å². The van der Waals surface area contributed by atoms with Gasteiger partial charge in [0, 0.05) is 0 Å². The lowest BCUT2D eigenvalue weighted by atomic mass is 9.74. The van der Waals surface area contributed by atoms with Crippen molar-refractivity contribution in [2.45, 2.75) is 110 Å². The van der Waals surface area contributed by atoms with E-state index in [1.165, 1.54) is 89.9 Å². The maximum absolute atomic E-state index is 12.3. The highest BCUT2D eigenvalue weighted by molar-refractivity contribution is 4.77. The predicted octanol–water partition coefficient (Wildman–Crippen LogP) is 7.71. The molecule has 0 atom stereocenters. The van der Waals surface area contributed by atoms with Gasteiger partial charge in [0.1, 0.15) is 0 Å². The third-order valence-electron chi connectivity index (χ3n) is 6.88. The topological polar surface area (TPSA) is 0 Å². The molecule has 0 N–H and O–H groups in total. The fraction of sp³-hybridized carbons (Fsp3) is 1.00. The minimum atomic E-state index is -0.110. The maximum atomic E-state index is 12.3. The molecule has 2 aliphatic carbocycles. The van der Waals surface area contributed by atoms with Gasteiger partial charge in [0.15, 0.2) is 0 Å². The van der Waals surface area contributed by atoms with Gasteiger partial charge in [0.25, 0.3) is 0 Å². The molecule has 0 aliphatic heterocycles. The van der Waals surface area contributed by atoms with Crippen molar-refractivity contribution < 1.29 is 4.39 Å². The van der Waals surface area contributed by atoms with Crippen LogP contribution >= 0.6 is 0 Å². The molecule has 0 aromatic heterocycles. The Balaban J connectivity index is 1.51. The second-order valence-electron chi connectivity index (χ2n) is 8.68. The second kappa shape index (κ2) is 11.5. The SMILES string of the molecule is CCCCCC1CCC(CCC2CCC(CCCF)CC2)CC1. The molecule has 2 rings (SSSR count). The monoisotopic (exact) mass is 324 g/mol. The molecular weight excluding hydrogens is 283 g/mol. The van der Waals surface area contributed by atoms with Crippen LogP contribution < -0.4 is 0 Å². The minimum Gasteiger partial charge on any atom is -0.251 e. The Morgan fingerprint density at radius 2 is 0.957 bits per heavy atom. The molecule has 0 bridgehead atoms. The van der Waals surface area contributed by atoms with Gasteiger partial charge < -0.3 is 0 Å². The van der Waals surface area contributed by atoms with Gasteiger partial charge in [-0.1, -0.05) is 96.8 Å². The van der Waals surface area contributed by atoms with Crippen LogP contribution in [0.5, 0.6) is 0 Å². The molecule has 0 aromatic carbocycles. The Hall–Kier alpha value is -0.0700.